The van der Waals surface area contributed by atoms with E-state index in [1.54, 1.807) is 49.4 Å². The van der Waals surface area contributed by atoms with Gasteiger partial charge in [-0.25, -0.2) is 8.42 Å². The molecule has 0 unspecified atom stereocenters. The summed E-state index contributed by atoms with van der Waals surface area (Å²) >= 11 is 12.1. The first-order chi connectivity index (χ1) is 16.0. The lowest BCUT2D eigenvalue weighted by atomic mass is 10.1. The van der Waals surface area contributed by atoms with Crippen molar-refractivity contribution in [2.24, 2.45) is 0 Å². The van der Waals surface area contributed by atoms with E-state index >= 15 is 0 Å². The zero-order valence-electron chi connectivity index (χ0n) is 19.5. The highest BCUT2D eigenvalue weighted by molar-refractivity contribution is 7.92. The summed E-state index contributed by atoms with van der Waals surface area (Å²) in [5.74, 6) is -0.344. The fourth-order valence-corrected chi connectivity index (χ4v) is 4.35. The molecule has 0 saturated carbocycles. The summed E-state index contributed by atoms with van der Waals surface area (Å²) < 4.78 is 31.2. The Morgan fingerprint density at radius 3 is 2.26 bits per heavy atom. The van der Waals surface area contributed by atoms with E-state index in [0.29, 0.717) is 33.6 Å². The van der Waals surface area contributed by atoms with Gasteiger partial charge in [0.25, 0.3) is 0 Å². The second-order valence-corrected chi connectivity index (χ2v) is 10.4. The number of carbonyl (C=O) groups excluding carboxylic acids is 2. The van der Waals surface area contributed by atoms with Crippen molar-refractivity contribution in [1.82, 2.24) is 10.2 Å². The number of sulfonamides is 1. The van der Waals surface area contributed by atoms with Crippen LogP contribution in [0.5, 0.6) is 5.75 Å². The Balaban J connectivity index is 2.38. The third kappa shape index (κ3) is 7.51. The van der Waals surface area contributed by atoms with Crippen molar-refractivity contribution in [3.8, 4) is 5.75 Å². The Morgan fingerprint density at radius 1 is 1.09 bits per heavy atom. The van der Waals surface area contributed by atoms with Crippen LogP contribution in [-0.2, 0) is 26.2 Å². The van der Waals surface area contributed by atoms with Gasteiger partial charge in [-0.3, -0.25) is 13.9 Å². The first kappa shape index (κ1) is 27.8. The number of benzene rings is 2. The molecule has 0 heterocycles. The minimum atomic E-state index is -3.81. The van der Waals surface area contributed by atoms with Crippen molar-refractivity contribution in [1.29, 1.82) is 0 Å². The molecule has 0 aliphatic heterocycles. The molecule has 11 heteroatoms. The Labute approximate surface area is 210 Å². The topological polar surface area (TPSA) is 96.0 Å². The molecule has 8 nitrogen and oxygen atoms in total. The highest BCUT2D eigenvalue weighted by atomic mass is 35.5. The van der Waals surface area contributed by atoms with Crippen molar-refractivity contribution < 1.29 is 22.7 Å². The van der Waals surface area contributed by atoms with E-state index in [1.807, 2.05) is 6.92 Å². The number of hydrogen-bond acceptors (Lipinski definition) is 5. The summed E-state index contributed by atoms with van der Waals surface area (Å²) in [5.41, 5.74) is 0.947. The third-order valence-electron chi connectivity index (χ3n) is 5.09. The normalized spacial score (nSPS) is 12.1. The number of halogens is 2. The molecular weight excluding hydrogens is 501 g/mol. The molecule has 0 fully saturated rings. The number of amides is 2. The molecule has 34 heavy (non-hydrogen) atoms. The van der Waals surface area contributed by atoms with E-state index in [1.165, 1.54) is 12.0 Å². The van der Waals surface area contributed by atoms with Gasteiger partial charge in [-0.05, 0) is 55.3 Å². The Kier molecular flexibility index (Phi) is 10.0. The maximum Gasteiger partial charge on any atom is 0.244 e. The van der Waals surface area contributed by atoms with Crippen molar-refractivity contribution in [2.45, 2.75) is 32.9 Å². The van der Waals surface area contributed by atoms with Gasteiger partial charge in [-0.1, -0.05) is 36.2 Å². The molecular formula is C23H29Cl2N3O5S. The average Bonchev–Trinajstić information content (AvgIpc) is 2.80. The fraction of sp³-hybridized carbons (Fsp3) is 0.391. The number of rotatable bonds is 11. The van der Waals surface area contributed by atoms with Crippen LogP contribution in [0.3, 0.4) is 0 Å². The maximum atomic E-state index is 13.4. The van der Waals surface area contributed by atoms with Crippen LogP contribution in [0.2, 0.25) is 10.0 Å². The van der Waals surface area contributed by atoms with Gasteiger partial charge in [-0.15, -0.1) is 0 Å². The van der Waals surface area contributed by atoms with Gasteiger partial charge in [0.2, 0.25) is 21.8 Å². The van der Waals surface area contributed by atoms with E-state index < -0.39 is 28.5 Å². The highest BCUT2D eigenvalue weighted by Crippen LogP contribution is 2.25. The number of nitrogens with one attached hydrogen (secondary N) is 1. The van der Waals surface area contributed by atoms with E-state index in [2.05, 4.69) is 5.32 Å². The number of anilines is 1. The molecule has 0 aliphatic rings. The minimum absolute atomic E-state index is 0.0383. The molecule has 1 atom stereocenters. The van der Waals surface area contributed by atoms with Gasteiger partial charge in [0.05, 0.1) is 29.1 Å². The van der Waals surface area contributed by atoms with Gasteiger partial charge in [0, 0.05) is 13.1 Å². The van der Waals surface area contributed by atoms with Gasteiger partial charge >= 0.3 is 0 Å². The van der Waals surface area contributed by atoms with E-state index in [0.717, 1.165) is 17.0 Å². The molecule has 0 spiro atoms. The molecule has 1 N–H and O–H groups in total. The lowest BCUT2D eigenvalue weighted by Crippen LogP contribution is -2.51. The van der Waals surface area contributed by atoms with Crippen LogP contribution in [0.15, 0.2) is 42.5 Å². The molecule has 186 valence electrons. The summed E-state index contributed by atoms with van der Waals surface area (Å²) in [6, 6.07) is 10.4. The van der Waals surface area contributed by atoms with Crippen LogP contribution in [0.4, 0.5) is 5.69 Å². The van der Waals surface area contributed by atoms with Crippen LogP contribution in [0.25, 0.3) is 0 Å². The zero-order chi connectivity index (χ0) is 25.5. The first-order valence-electron chi connectivity index (χ1n) is 10.6. The molecule has 2 aromatic rings. The molecule has 2 rings (SSSR count). The number of methoxy groups -OCH3 is 1. The molecule has 0 aromatic heterocycles. The molecule has 0 aliphatic carbocycles. The van der Waals surface area contributed by atoms with E-state index in [4.69, 9.17) is 27.9 Å². The predicted molar refractivity (Wildman–Crippen MR) is 135 cm³/mol. The minimum Gasteiger partial charge on any atom is -0.497 e. The number of ether oxygens (including phenoxy) is 1. The van der Waals surface area contributed by atoms with Crippen molar-refractivity contribution >= 4 is 50.7 Å². The summed E-state index contributed by atoms with van der Waals surface area (Å²) in [7, 11) is -2.31. The third-order valence-corrected chi connectivity index (χ3v) is 6.97. The second-order valence-electron chi connectivity index (χ2n) is 7.70. The van der Waals surface area contributed by atoms with Gasteiger partial charge in [0.15, 0.2) is 0 Å². The molecule has 2 aromatic carbocycles. The monoisotopic (exact) mass is 529 g/mol. The predicted octanol–water partition coefficient (Wildman–Crippen LogP) is 3.71. The number of carbonyl (C=O) groups is 2. The SMILES string of the molecule is CCCNC(=O)[C@@H](C)N(Cc1ccc(Cl)c(Cl)c1)C(=O)CN(c1ccc(OC)cc1)S(C)(=O)=O. The first-order valence-corrected chi connectivity index (χ1v) is 13.2. The zero-order valence-corrected chi connectivity index (χ0v) is 21.9. The number of nitrogens with zero attached hydrogens (tertiary/aromatic N) is 2. The average molecular weight is 530 g/mol. The Bertz CT molecular complexity index is 1110. The molecule has 0 radical (unpaired) electrons. The lowest BCUT2D eigenvalue weighted by molar-refractivity contribution is -0.139. The molecule has 0 saturated heterocycles. The summed E-state index contributed by atoms with van der Waals surface area (Å²) in [5, 5.41) is 3.45. The van der Waals surface area contributed by atoms with Crippen LogP contribution in [0.1, 0.15) is 25.8 Å². The van der Waals surface area contributed by atoms with Gasteiger partial charge in [-0.2, -0.15) is 0 Å². The fourth-order valence-electron chi connectivity index (χ4n) is 3.18. The molecule has 2 amide bonds. The largest absolute Gasteiger partial charge is 0.497 e. The lowest BCUT2D eigenvalue weighted by Gasteiger charge is -2.31. The summed E-state index contributed by atoms with van der Waals surface area (Å²) in [6.45, 7) is 3.52. The van der Waals surface area contributed by atoms with Crippen molar-refractivity contribution in [2.75, 3.05) is 30.8 Å². The van der Waals surface area contributed by atoms with Gasteiger partial charge in [0.1, 0.15) is 18.3 Å². The van der Waals surface area contributed by atoms with Crippen LogP contribution in [0, 0.1) is 0 Å². The highest BCUT2D eigenvalue weighted by Gasteiger charge is 2.30. The van der Waals surface area contributed by atoms with Crippen LogP contribution >= 0.6 is 23.2 Å². The Hall–Kier alpha value is -2.49. The maximum absolute atomic E-state index is 13.4. The standard InChI is InChI=1S/C23H29Cl2N3O5S/c1-5-12-26-23(30)16(2)27(14-17-6-11-20(24)21(25)13-17)22(29)15-28(34(4,31)32)18-7-9-19(33-3)10-8-18/h6-11,13,16H,5,12,14-15H2,1-4H3,(H,26,30)/t16-/m1/s1. The number of hydrogen-bond donors (Lipinski definition) is 1. The van der Waals surface area contributed by atoms with Crippen LogP contribution in [-0.4, -0.2) is 57.6 Å². The molecule has 0 bridgehead atoms. The van der Waals surface area contributed by atoms with Crippen molar-refractivity contribution in [3.63, 3.8) is 0 Å². The quantitative estimate of drug-likeness (QED) is 0.478. The Morgan fingerprint density at radius 2 is 1.74 bits per heavy atom. The second kappa shape index (κ2) is 12.3. The van der Waals surface area contributed by atoms with Crippen LogP contribution < -0.4 is 14.4 Å². The smallest absolute Gasteiger partial charge is 0.244 e. The van der Waals surface area contributed by atoms with Crippen molar-refractivity contribution in [3.05, 3.63) is 58.1 Å². The van der Waals surface area contributed by atoms with E-state index in [9.17, 15) is 18.0 Å². The van der Waals surface area contributed by atoms with E-state index in [-0.39, 0.29) is 12.5 Å². The van der Waals surface area contributed by atoms with Gasteiger partial charge < -0.3 is 15.0 Å². The summed E-state index contributed by atoms with van der Waals surface area (Å²) in [4.78, 5) is 27.4. The summed E-state index contributed by atoms with van der Waals surface area (Å²) in [6.07, 6.45) is 1.75.